The van der Waals surface area contributed by atoms with Gasteiger partial charge in [-0.25, -0.2) is 0 Å². The number of nitrogens with zero attached hydrogens (tertiary/aromatic N) is 1. The van der Waals surface area contributed by atoms with Crippen LogP contribution >= 0.6 is 11.6 Å². The number of carbonyl (C=O) groups excluding carboxylic acids is 1. The van der Waals surface area contributed by atoms with Gasteiger partial charge in [0.05, 0.1) is 6.42 Å². The number of rotatable bonds is 2. The molecule has 3 nitrogen and oxygen atoms in total. The van der Waals surface area contributed by atoms with Crippen molar-refractivity contribution >= 4 is 17.5 Å². The Labute approximate surface area is 107 Å². The molecule has 1 aromatic carbocycles. The van der Waals surface area contributed by atoms with Gasteiger partial charge in [-0.15, -0.1) is 0 Å². The van der Waals surface area contributed by atoms with Crippen molar-refractivity contribution in [2.45, 2.75) is 12.8 Å². The van der Waals surface area contributed by atoms with Gasteiger partial charge in [0.2, 0.25) is 5.91 Å². The molecule has 0 aliphatic carbocycles. The van der Waals surface area contributed by atoms with Gasteiger partial charge in [0.25, 0.3) is 0 Å². The first kappa shape index (κ1) is 12.4. The minimum absolute atomic E-state index is 0.205. The molecule has 1 saturated heterocycles. The molecule has 1 fully saturated rings. The molecule has 0 aromatic heterocycles. The maximum atomic E-state index is 12.1. The molecule has 1 aliphatic rings. The van der Waals surface area contributed by atoms with Gasteiger partial charge in [-0.1, -0.05) is 23.7 Å². The van der Waals surface area contributed by atoms with Gasteiger partial charge in [0, 0.05) is 24.7 Å². The molecule has 0 spiro atoms. The molecule has 0 saturated carbocycles. The maximum absolute atomic E-state index is 12.1. The Kier molecular flexibility index (Phi) is 4.40. The molecule has 1 aromatic rings. The van der Waals surface area contributed by atoms with Crippen LogP contribution in [-0.4, -0.2) is 37.0 Å². The van der Waals surface area contributed by atoms with E-state index in [-0.39, 0.29) is 5.91 Å². The monoisotopic (exact) mass is 252 g/mol. The third-order valence-corrected chi connectivity index (χ3v) is 3.21. The van der Waals surface area contributed by atoms with Gasteiger partial charge in [-0.05, 0) is 30.7 Å². The lowest BCUT2D eigenvalue weighted by molar-refractivity contribution is -0.130. The second kappa shape index (κ2) is 6.03. The zero-order chi connectivity index (χ0) is 12.1. The molecule has 0 radical (unpaired) electrons. The zero-order valence-corrected chi connectivity index (χ0v) is 10.5. The van der Waals surface area contributed by atoms with Crippen LogP contribution in [0, 0.1) is 0 Å². The van der Waals surface area contributed by atoms with E-state index in [4.69, 9.17) is 11.6 Å². The fourth-order valence-electron chi connectivity index (χ4n) is 1.98. The first-order valence-corrected chi connectivity index (χ1v) is 6.36. The van der Waals surface area contributed by atoms with Crippen molar-refractivity contribution in [3.05, 3.63) is 34.9 Å². The summed E-state index contributed by atoms with van der Waals surface area (Å²) in [5.74, 6) is 0.205. The molecule has 1 N–H and O–H groups in total. The largest absolute Gasteiger partial charge is 0.341 e. The summed E-state index contributed by atoms with van der Waals surface area (Å²) in [6.07, 6.45) is 1.50. The van der Waals surface area contributed by atoms with Gasteiger partial charge >= 0.3 is 0 Å². The predicted molar refractivity (Wildman–Crippen MR) is 69.2 cm³/mol. The van der Waals surface area contributed by atoms with E-state index in [9.17, 15) is 4.79 Å². The average molecular weight is 253 g/mol. The number of hydrogen-bond acceptors (Lipinski definition) is 2. The van der Waals surface area contributed by atoms with Gasteiger partial charge in [0.1, 0.15) is 0 Å². The number of benzene rings is 1. The fraction of sp³-hybridized carbons (Fsp3) is 0.462. The molecule has 17 heavy (non-hydrogen) atoms. The van der Waals surface area contributed by atoms with Crippen LogP contribution < -0.4 is 5.32 Å². The van der Waals surface area contributed by atoms with Crippen molar-refractivity contribution in [2.75, 3.05) is 26.2 Å². The predicted octanol–water partition coefficient (Wildman–Crippen LogP) is 1.70. The van der Waals surface area contributed by atoms with Crippen molar-refractivity contribution in [3.63, 3.8) is 0 Å². The van der Waals surface area contributed by atoms with Crippen LogP contribution in [0.2, 0.25) is 5.02 Å². The minimum atomic E-state index is 0.205. The van der Waals surface area contributed by atoms with Crippen LogP contribution in [0.1, 0.15) is 12.0 Å². The highest BCUT2D eigenvalue weighted by Crippen LogP contribution is 2.11. The molecule has 0 bridgehead atoms. The second-order valence-corrected chi connectivity index (χ2v) is 4.72. The lowest BCUT2D eigenvalue weighted by Crippen LogP contribution is -2.35. The number of amides is 1. The molecule has 1 heterocycles. The molecule has 0 atom stereocenters. The SMILES string of the molecule is O=C(Cc1ccc(Cl)cc1)N1CCCNCC1. The zero-order valence-electron chi connectivity index (χ0n) is 9.79. The Morgan fingerprint density at radius 2 is 2.00 bits per heavy atom. The van der Waals surface area contributed by atoms with E-state index in [2.05, 4.69) is 5.32 Å². The Bertz CT molecular complexity index is 370. The number of halogens is 1. The molecular formula is C13H17ClN2O. The van der Waals surface area contributed by atoms with E-state index in [1.54, 1.807) is 0 Å². The van der Waals surface area contributed by atoms with Crippen LogP contribution in [0.5, 0.6) is 0 Å². The molecule has 1 aliphatic heterocycles. The number of hydrogen-bond donors (Lipinski definition) is 1. The van der Waals surface area contributed by atoms with Crippen molar-refractivity contribution in [1.29, 1.82) is 0 Å². The third-order valence-electron chi connectivity index (χ3n) is 2.96. The molecular weight excluding hydrogens is 236 g/mol. The van der Waals surface area contributed by atoms with Crippen LogP contribution in [-0.2, 0) is 11.2 Å². The van der Waals surface area contributed by atoms with Gasteiger partial charge < -0.3 is 10.2 Å². The van der Waals surface area contributed by atoms with Gasteiger partial charge in [-0.2, -0.15) is 0 Å². The van der Waals surface area contributed by atoms with Crippen molar-refractivity contribution in [3.8, 4) is 0 Å². The Morgan fingerprint density at radius 1 is 1.24 bits per heavy atom. The summed E-state index contributed by atoms with van der Waals surface area (Å²) in [6, 6.07) is 7.48. The molecule has 2 rings (SSSR count). The summed E-state index contributed by atoms with van der Waals surface area (Å²) >= 11 is 5.81. The highest BCUT2D eigenvalue weighted by atomic mass is 35.5. The summed E-state index contributed by atoms with van der Waals surface area (Å²) in [4.78, 5) is 14.0. The fourth-order valence-corrected chi connectivity index (χ4v) is 2.11. The van der Waals surface area contributed by atoms with E-state index >= 15 is 0 Å². The quantitative estimate of drug-likeness (QED) is 0.869. The Balaban J connectivity index is 1.93. The lowest BCUT2D eigenvalue weighted by atomic mass is 10.1. The highest BCUT2D eigenvalue weighted by molar-refractivity contribution is 6.30. The van der Waals surface area contributed by atoms with Gasteiger partial charge in [0.15, 0.2) is 0 Å². The summed E-state index contributed by atoms with van der Waals surface area (Å²) in [5, 5.41) is 4.00. The summed E-state index contributed by atoms with van der Waals surface area (Å²) in [5.41, 5.74) is 1.02. The van der Waals surface area contributed by atoms with E-state index in [1.165, 1.54) is 0 Å². The van der Waals surface area contributed by atoms with Crippen molar-refractivity contribution in [1.82, 2.24) is 10.2 Å². The number of carbonyl (C=O) groups is 1. The summed E-state index contributed by atoms with van der Waals surface area (Å²) < 4.78 is 0. The smallest absolute Gasteiger partial charge is 0.227 e. The second-order valence-electron chi connectivity index (χ2n) is 4.29. The lowest BCUT2D eigenvalue weighted by Gasteiger charge is -2.19. The van der Waals surface area contributed by atoms with Crippen LogP contribution in [0.15, 0.2) is 24.3 Å². The highest BCUT2D eigenvalue weighted by Gasteiger charge is 2.15. The van der Waals surface area contributed by atoms with Crippen LogP contribution in [0.25, 0.3) is 0 Å². The minimum Gasteiger partial charge on any atom is -0.341 e. The normalized spacial score (nSPS) is 16.6. The standard InChI is InChI=1S/C13H17ClN2O/c14-12-4-2-11(3-5-12)10-13(17)16-8-1-6-15-7-9-16/h2-5,15H,1,6-10H2. The van der Waals surface area contributed by atoms with E-state index in [0.29, 0.717) is 11.4 Å². The molecule has 92 valence electrons. The summed E-state index contributed by atoms with van der Waals surface area (Å²) in [6.45, 7) is 3.57. The first-order chi connectivity index (χ1) is 8.25. The number of nitrogens with one attached hydrogen (secondary N) is 1. The topological polar surface area (TPSA) is 32.3 Å². The van der Waals surface area contributed by atoms with E-state index < -0.39 is 0 Å². The molecule has 4 heteroatoms. The Morgan fingerprint density at radius 3 is 2.76 bits per heavy atom. The summed E-state index contributed by atoms with van der Waals surface area (Å²) in [7, 11) is 0. The molecule has 0 unspecified atom stereocenters. The van der Waals surface area contributed by atoms with E-state index in [1.807, 2.05) is 29.2 Å². The molecule has 1 amide bonds. The van der Waals surface area contributed by atoms with Crippen molar-refractivity contribution < 1.29 is 4.79 Å². The average Bonchev–Trinajstić information content (AvgIpc) is 2.61. The third kappa shape index (κ3) is 3.72. The van der Waals surface area contributed by atoms with Crippen LogP contribution in [0.4, 0.5) is 0 Å². The van der Waals surface area contributed by atoms with Crippen LogP contribution in [0.3, 0.4) is 0 Å². The maximum Gasteiger partial charge on any atom is 0.227 e. The van der Waals surface area contributed by atoms with Crippen molar-refractivity contribution in [2.24, 2.45) is 0 Å². The Hall–Kier alpha value is -1.06. The van der Waals surface area contributed by atoms with E-state index in [0.717, 1.165) is 38.2 Å². The first-order valence-electron chi connectivity index (χ1n) is 5.98. The van der Waals surface area contributed by atoms with Gasteiger partial charge in [-0.3, -0.25) is 4.79 Å².